The van der Waals surface area contributed by atoms with Crippen molar-refractivity contribution in [2.45, 2.75) is 44.2 Å². The molecule has 0 spiro atoms. The van der Waals surface area contributed by atoms with Crippen molar-refractivity contribution in [3.05, 3.63) is 35.9 Å². The van der Waals surface area contributed by atoms with Crippen LogP contribution in [0.4, 0.5) is 0 Å². The Hall–Kier alpha value is -2.41. The first-order chi connectivity index (χ1) is 13.0. The van der Waals surface area contributed by atoms with E-state index in [1.54, 1.807) is 4.90 Å². The maximum Gasteiger partial charge on any atom is 0.239 e. The van der Waals surface area contributed by atoms with Gasteiger partial charge in [0.1, 0.15) is 0 Å². The summed E-state index contributed by atoms with van der Waals surface area (Å²) in [5.41, 5.74) is 0.906. The van der Waals surface area contributed by atoms with Gasteiger partial charge in [0, 0.05) is 19.0 Å². The molecular formula is C20H27N3O4. The Morgan fingerprint density at radius 3 is 2.78 bits per heavy atom. The minimum atomic E-state index is -0.652. The molecule has 1 aromatic carbocycles. The van der Waals surface area contributed by atoms with E-state index in [0.717, 1.165) is 12.0 Å². The van der Waals surface area contributed by atoms with Gasteiger partial charge in [0.15, 0.2) is 0 Å². The average Bonchev–Trinajstić information content (AvgIpc) is 2.88. The first-order valence-corrected chi connectivity index (χ1v) is 9.60. The predicted molar refractivity (Wildman–Crippen MR) is 99.6 cm³/mol. The smallest absolute Gasteiger partial charge is 0.239 e. The van der Waals surface area contributed by atoms with Crippen molar-refractivity contribution in [1.29, 1.82) is 0 Å². The molecule has 0 radical (unpaired) electrons. The third-order valence-corrected chi connectivity index (χ3v) is 5.29. The van der Waals surface area contributed by atoms with E-state index in [0.29, 0.717) is 32.4 Å². The van der Waals surface area contributed by atoms with Crippen molar-refractivity contribution in [3.8, 4) is 0 Å². The highest BCUT2D eigenvalue weighted by molar-refractivity contribution is 5.86. The zero-order chi connectivity index (χ0) is 19.2. The van der Waals surface area contributed by atoms with E-state index in [9.17, 15) is 19.5 Å². The SMILES string of the molecule is O=C1CN(C(=O)[C@H]2CC[C@@H](O)[C@H](NC(=O)Cc3ccccc3)C2)CCCN1. The van der Waals surface area contributed by atoms with Crippen LogP contribution in [0.2, 0.25) is 0 Å². The zero-order valence-electron chi connectivity index (χ0n) is 15.4. The van der Waals surface area contributed by atoms with Crippen LogP contribution in [-0.2, 0) is 20.8 Å². The maximum absolute atomic E-state index is 12.8. The summed E-state index contributed by atoms with van der Waals surface area (Å²) in [5, 5.41) is 15.9. The summed E-state index contributed by atoms with van der Waals surface area (Å²) in [6.45, 7) is 1.23. The Labute approximate surface area is 159 Å². The van der Waals surface area contributed by atoms with Crippen molar-refractivity contribution in [2.24, 2.45) is 5.92 Å². The molecule has 0 bridgehead atoms. The molecule has 3 rings (SSSR count). The lowest BCUT2D eigenvalue weighted by molar-refractivity contribution is -0.141. The molecule has 7 heteroatoms. The molecule has 3 atom stereocenters. The summed E-state index contributed by atoms with van der Waals surface area (Å²) in [6.07, 6.45) is 1.77. The van der Waals surface area contributed by atoms with Gasteiger partial charge in [-0.05, 0) is 31.2 Å². The largest absolute Gasteiger partial charge is 0.391 e. The third-order valence-electron chi connectivity index (χ3n) is 5.29. The van der Waals surface area contributed by atoms with Crippen molar-refractivity contribution in [2.75, 3.05) is 19.6 Å². The van der Waals surface area contributed by atoms with Gasteiger partial charge in [-0.2, -0.15) is 0 Å². The molecule has 1 aliphatic carbocycles. The molecule has 1 heterocycles. The lowest BCUT2D eigenvalue weighted by Crippen LogP contribution is -2.51. The van der Waals surface area contributed by atoms with E-state index in [2.05, 4.69) is 10.6 Å². The lowest BCUT2D eigenvalue weighted by Gasteiger charge is -2.35. The third kappa shape index (κ3) is 5.29. The van der Waals surface area contributed by atoms with E-state index in [-0.39, 0.29) is 36.6 Å². The second-order valence-corrected chi connectivity index (χ2v) is 7.38. The van der Waals surface area contributed by atoms with Gasteiger partial charge < -0.3 is 20.6 Å². The topological polar surface area (TPSA) is 98.7 Å². The summed E-state index contributed by atoms with van der Waals surface area (Å²) < 4.78 is 0. The second kappa shape index (κ2) is 8.99. The molecule has 7 nitrogen and oxygen atoms in total. The van der Waals surface area contributed by atoms with E-state index in [1.165, 1.54) is 0 Å². The van der Waals surface area contributed by atoms with Crippen molar-refractivity contribution in [3.63, 3.8) is 0 Å². The van der Waals surface area contributed by atoms with Crippen LogP contribution >= 0.6 is 0 Å². The highest BCUT2D eigenvalue weighted by atomic mass is 16.3. The highest BCUT2D eigenvalue weighted by Crippen LogP contribution is 2.27. The molecule has 1 aromatic rings. The van der Waals surface area contributed by atoms with Gasteiger partial charge in [-0.1, -0.05) is 30.3 Å². The molecule has 0 unspecified atom stereocenters. The predicted octanol–water partition coefficient (Wildman–Crippen LogP) is 0.223. The molecule has 0 aromatic heterocycles. The van der Waals surface area contributed by atoms with E-state index in [4.69, 9.17) is 0 Å². The van der Waals surface area contributed by atoms with Gasteiger partial charge in [-0.15, -0.1) is 0 Å². The van der Waals surface area contributed by atoms with Crippen molar-refractivity contribution >= 4 is 17.7 Å². The number of amides is 3. The Kier molecular flexibility index (Phi) is 6.45. The summed E-state index contributed by atoms with van der Waals surface area (Å²) >= 11 is 0. The van der Waals surface area contributed by atoms with E-state index in [1.807, 2.05) is 30.3 Å². The van der Waals surface area contributed by atoms with Gasteiger partial charge in [0.05, 0.1) is 25.1 Å². The Morgan fingerprint density at radius 2 is 2.00 bits per heavy atom. The molecule has 2 fully saturated rings. The highest BCUT2D eigenvalue weighted by Gasteiger charge is 2.36. The quantitative estimate of drug-likeness (QED) is 0.703. The molecule has 1 saturated carbocycles. The van der Waals surface area contributed by atoms with Crippen LogP contribution in [0.3, 0.4) is 0 Å². The number of hydrogen-bond donors (Lipinski definition) is 3. The Balaban J connectivity index is 1.57. The average molecular weight is 373 g/mol. The first-order valence-electron chi connectivity index (χ1n) is 9.60. The number of nitrogens with one attached hydrogen (secondary N) is 2. The monoisotopic (exact) mass is 373 g/mol. The second-order valence-electron chi connectivity index (χ2n) is 7.38. The number of benzene rings is 1. The standard InChI is InChI=1S/C20H27N3O4/c24-17-8-7-15(20(27)23-10-4-9-21-19(26)13-23)12-16(17)22-18(25)11-14-5-2-1-3-6-14/h1-3,5-6,15-17,24H,4,7-13H2,(H,21,26)(H,22,25)/t15-,16+,17+/m0/s1. The maximum atomic E-state index is 12.8. The Bertz CT molecular complexity index is 679. The number of nitrogens with zero attached hydrogens (tertiary/aromatic N) is 1. The number of aliphatic hydroxyl groups is 1. The van der Waals surface area contributed by atoms with E-state index < -0.39 is 12.1 Å². The van der Waals surface area contributed by atoms with Crippen LogP contribution in [-0.4, -0.2) is 59.5 Å². The van der Waals surface area contributed by atoms with E-state index >= 15 is 0 Å². The molecule has 146 valence electrons. The number of rotatable bonds is 4. The van der Waals surface area contributed by atoms with Crippen LogP contribution in [0.25, 0.3) is 0 Å². The Morgan fingerprint density at radius 1 is 1.22 bits per heavy atom. The number of aliphatic hydroxyl groups excluding tert-OH is 1. The van der Waals surface area contributed by atoms with Crippen LogP contribution in [0, 0.1) is 5.92 Å². The lowest BCUT2D eigenvalue weighted by atomic mass is 9.82. The van der Waals surface area contributed by atoms with Crippen LogP contribution in [0.1, 0.15) is 31.2 Å². The van der Waals surface area contributed by atoms with Crippen LogP contribution < -0.4 is 10.6 Å². The van der Waals surface area contributed by atoms with Gasteiger partial charge in [-0.25, -0.2) is 0 Å². The van der Waals surface area contributed by atoms with Gasteiger partial charge in [-0.3, -0.25) is 14.4 Å². The van der Waals surface area contributed by atoms with Crippen LogP contribution in [0.5, 0.6) is 0 Å². The fourth-order valence-corrected chi connectivity index (χ4v) is 3.83. The molecule has 2 aliphatic rings. The number of carbonyl (C=O) groups is 3. The van der Waals surface area contributed by atoms with Crippen molar-refractivity contribution in [1.82, 2.24) is 15.5 Å². The molecule has 1 saturated heterocycles. The van der Waals surface area contributed by atoms with Crippen molar-refractivity contribution < 1.29 is 19.5 Å². The molecular weight excluding hydrogens is 346 g/mol. The minimum Gasteiger partial charge on any atom is -0.391 e. The normalized spacial score (nSPS) is 26.0. The van der Waals surface area contributed by atoms with Gasteiger partial charge >= 0.3 is 0 Å². The fourth-order valence-electron chi connectivity index (χ4n) is 3.83. The summed E-state index contributed by atoms with van der Waals surface area (Å²) in [4.78, 5) is 38.5. The molecule has 1 aliphatic heterocycles. The number of carbonyl (C=O) groups excluding carboxylic acids is 3. The van der Waals surface area contributed by atoms with Crippen LogP contribution in [0.15, 0.2) is 30.3 Å². The summed E-state index contributed by atoms with van der Waals surface area (Å²) in [5.74, 6) is -0.625. The molecule has 3 amide bonds. The molecule has 3 N–H and O–H groups in total. The minimum absolute atomic E-state index is 0.0544. The van der Waals surface area contributed by atoms with Gasteiger partial charge in [0.2, 0.25) is 17.7 Å². The zero-order valence-corrected chi connectivity index (χ0v) is 15.4. The van der Waals surface area contributed by atoms with Gasteiger partial charge in [0.25, 0.3) is 0 Å². The fraction of sp³-hybridized carbons (Fsp3) is 0.550. The summed E-state index contributed by atoms with van der Waals surface area (Å²) in [7, 11) is 0. The first kappa shape index (κ1) is 19.4. The number of hydrogen-bond acceptors (Lipinski definition) is 4. The molecule has 27 heavy (non-hydrogen) atoms. The summed E-state index contributed by atoms with van der Waals surface area (Å²) in [6, 6.07) is 8.98.